The molecule has 0 aliphatic carbocycles. The number of ether oxygens (including phenoxy) is 2. The number of nitrogens with zero attached hydrogens (tertiary/aromatic N) is 2. The predicted molar refractivity (Wildman–Crippen MR) is 153 cm³/mol. The highest BCUT2D eigenvalue weighted by atomic mass is 19.1. The molecule has 1 saturated heterocycles. The van der Waals surface area contributed by atoms with Gasteiger partial charge in [0.25, 0.3) is 11.8 Å². The fourth-order valence-electron chi connectivity index (χ4n) is 6.22. The molecule has 4 heterocycles. The Morgan fingerprint density at radius 2 is 1.89 bits per heavy atom. The Kier molecular flexibility index (Phi) is 6.54. The monoisotopic (exact) mass is 630 g/mol. The first kappa shape index (κ1) is 29.0. The van der Waals surface area contributed by atoms with E-state index >= 15 is 4.39 Å². The van der Waals surface area contributed by atoms with E-state index in [1.807, 2.05) is 0 Å². The second kappa shape index (κ2) is 10.4. The van der Waals surface area contributed by atoms with Gasteiger partial charge in [-0.3, -0.25) is 14.4 Å². The maximum Gasteiger partial charge on any atom is 0.340 e. The van der Waals surface area contributed by atoms with Crippen LogP contribution in [0.2, 0.25) is 0 Å². The van der Waals surface area contributed by atoms with Crippen LogP contribution in [0.4, 0.5) is 13.6 Å². The molecule has 5 amide bonds. The molecule has 7 rings (SSSR count). The van der Waals surface area contributed by atoms with Crippen LogP contribution in [0.5, 0.6) is 5.75 Å². The average molecular weight is 631 g/mol. The summed E-state index contributed by atoms with van der Waals surface area (Å²) in [5.41, 5.74) is -1.32. The lowest BCUT2D eigenvalue weighted by molar-refractivity contribution is -0.140. The van der Waals surface area contributed by atoms with E-state index < -0.39 is 53.8 Å². The topological polar surface area (TPSA) is 147 Å². The molecule has 46 heavy (non-hydrogen) atoms. The average Bonchev–Trinajstić information content (AvgIpc) is 3.79. The highest BCUT2D eigenvalue weighted by Gasteiger charge is 2.59. The van der Waals surface area contributed by atoms with Crippen molar-refractivity contribution in [1.29, 1.82) is 0 Å². The molecular weight excluding hydrogens is 606 g/mol. The van der Waals surface area contributed by atoms with Crippen molar-refractivity contribution < 1.29 is 46.6 Å². The molecule has 234 valence electrons. The van der Waals surface area contributed by atoms with Crippen LogP contribution < -0.4 is 15.4 Å². The number of carbonyl (C=O) groups is 5. The summed E-state index contributed by atoms with van der Waals surface area (Å²) in [5, 5.41) is 5.35. The molecular formula is C32H24F2N4O8. The van der Waals surface area contributed by atoms with Crippen LogP contribution in [-0.2, 0) is 33.0 Å². The SMILES string of the molecule is COc1ccc(CN(C=O)C[C@@]2(c3cc4cc5c(c(F)c4o3)C(=O)NC5)NC(=O)N(C3OC(=O)c4ccccc43)C2=O)c(C)c1F. The molecule has 3 aliphatic rings. The Balaban J connectivity index is 1.34. The first-order chi connectivity index (χ1) is 22.1. The summed E-state index contributed by atoms with van der Waals surface area (Å²) < 4.78 is 46.8. The summed E-state index contributed by atoms with van der Waals surface area (Å²) in [5.74, 6) is -4.16. The Morgan fingerprint density at radius 3 is 2.65 bits per heavy atom. The van der Waals surface area contributed by atoms with Gasteiger partial charge in [0.15, 0.2) is 28.5 Å². The molecule has 2 N–H and O–H groups in total. The van der Waals surface area contributed by atoms with Crippen LogP contribution in [0, 0.1) is 18.6 Å². The van der Waals surface area contributed by atoms with Crippen LogP contribution in [0.15, 0.2) is 52.9 Å². The molecule has 0 saturated carbocycles. The molecule has 3 aliphatic heterocycles. The minimum absolute atomic E-state index is 0.000483. The number of imide groups is 1. The lowest BCUT2D eigenvalue weighted by Crippen LogP contribution is -2.52. The maximum atomic E-state index is 15.6. The summed E-state index contributed by atoms with van der Waals surface area (Å²) in [7, 11) is 1.32. The number of rotatable bonds is 8. The van der Waals surface area contributed by atoms with E-state index in [1.165, 1.54) is 44.4 Å². The highest BCUT2D eigenvalue weighted by molar-refractivity contribution is 6.09. The van der Waals surface area contributed by atoms with Crippen molar-refractivity contribution in [2.45, 2.75) is 31.8 Å². The van der Waals surface area contributed by atoms with Gasteiger partial charge in [0.05, 0.1) is 24.8 Å². The molecule has 3 aromatic carbocycles. The van der Waals surface area contributed by atoms with Crippen molar-refractivity contribution in [2.75, 3.05) is 13.7 Å². The fourth-order valence-corrected chi connectivity index (χ4v) is 6.22. The van der Waals surface area contributed by atoms with Gasteiger partial charge in [-0.15, -0.1) is 0 Å². The molecule has 12 nitrogen and oxygen atoms in total. The number of halogens is 2. The third-order valence-electron chi connectivity index (χ3n) is 8.59. The standard InChI is InChI=1S/C32H24F2N4O8/c1-15-16(7-8-21(44-2)24(15)33)12-37(14-39)13-32(22-10-17-9-18-11-35-27(40)23(18)25(34)26(17)45-22)30(42)38(31(43)36-32)28-19-5-3-4-6-20(19)29(41)46-28/h3-10,14,28H,11-13H2,1-2H3,(H,35,40)(H,36,43)/t28?,32-/m0/s1. The number of esters is 1. The lowest BCUT2D eigenvalue weighted by atomic mass is 9.94. The van der Waals surface area contributed by atoms with E-state index in [0.29, 0.717) is 22.4 Å². The van der Waals surface area contributed by atoms with E-state index in [1.54, 1.807) is 18.2 Å². The van der Waals surface area contributed by atoms with Crippen molar-refractivity contribution >= 4 is 41.2 Å². The number of hydrogen-bond acceptors (Lipinski definition) is 8. The number of carbonyl (C=O) groups excluding carboxylic acids is 5. The first-order valence-corrected chi connectivity index (χ1v) is 14.1. The Morgan fingerprint density at radius 1 is 1.11 bits per heavy atom. The quantitative estimate of drug-likeness (QED) is 0.171. The zero-order chi connectivity index (χ0) is 32.5. The van der Waals surface area contributed by atoms with Crippen LogP contribution in [-0.4, -0.2) is 53.7 Å². The van der Waals surface area contributed by atoms with Gasteiger partial charge in [0, 0.05) is 24.0 Å². The Hall–Kier alpha value is -5.79. The van der Waals surface area contributed by atoms with Crippen molar-refractivity contribution in [3.05, 3.63) is 99.3 Å². The zero-order valence-electron chi connectivity index (χ0n) is 24.3. The van der Waals surface area contributed by atoms with Gasteiger partial charge in [0.2, 0.25) is 12.6 Å². The lowest BCUT2D eigenvalue weighted by Gasteiger charge is -2.30. The number of amides is 5. The van der Waals surface area contributed by atoms with Crippen molar-refractivity contribution in [2.24, 2.45) is 0 Å². The number of methoxy groups -OCH3 is 1. The van der Waals surface area contributed by atoms with E-state index in [0.717, 1.165) is 4.90 Å². The third kappa shape index (κ3) is 4.13. The van der Waals surface area contributed by atoms with Crippen LogP contribution >= 0.6 is 0 Å². The predicted octanol–water partition coefficient (Wildman–Crippen LogP) is 3.55. The van der Waals surface area contributed by atoms with Gasteiger partial charge in [-0.25, -0.2) is 23.3 Å². The van der Waals surface area contributed by atoms with E-state index in [4.69, 9.17) is 13.9 Å². The number of benzene rings is 3. The van der Waals surface area contributed by atoms with E-state index in [9.17, 15) is 28.4 Å². The van der Waals surface area contributed by atoms with Gasteiger partial charge >= 0.3 is 12.0 Å². The summed E-state index contributed by atoms with van der Waals surface area (Å²) in [6, 6.07) is 11.1. The fraction of sp³-hybridized carbons (Fsp3) is 0.219. The Labute approximate surface area is 258 Å². The van der Waals surface area contributed by atoms with Crippen LogP contribution in [0.1, 0.15) is 55.0 Å². The first-order valence-electron chi connectivity index (χ1n) is 14.1. The second-order valence-electron chi connectivity index (χ2n) is 11.2. The highest BCUT2D eigenvalue weighted by Crippen LogP contribution is 2.42. The van der Waals surface area contributed by atoms with Crippen molar-refractivity contribution in [3.63, 3.8) is 0 Å². The van der Waals surface area contributed by atoms with Crippen molar-refractivity contribution in [3.8, 4) is 5.75 Å². The number of fused-ring (bicyclic) bond motifs is 3. The number of urea groups is 1. The van der Waals surface area contributed by atoms with Gasteiger partial charge < -0.3 is 29.4 Å². The number of cyclic esters (lactones) is 1. The van der Waals surface area contributed by atoms with Crippen LogP contribution in [0.3, 0.4) is 0 Å². The van der Waals surface area contributed by atoms with E-state index in [2.05, 4.69) is 10.6 Å². The molecule has 0 radical (unpaired) electrons. The molecule has 1 aromatic heterocycles. The number of nitrogens with one attached hydrogen (secondary N) is 2. The largest absolute Gasteiger partial charge is 0.494 e. The molecule has 2 atom stereocenters. The van der Waals surface area contributed by atoms with Gasteiger partial charge in [-0.2, -0.15) is 0 Å². The van der Waals surface area contributed by atoms with E-state index in [-0.39, 0.29) is 57.8 Å². The van der Waals surface area contributed by atoms with Crippen molar-refractivity contribution in [1.82, 2.24) is 20.4 Å². The third-order valence-corrected chi connectivity index (χ3v) is 8.59. The minimum atomic E-state index is -2.15. The summed E-state index contributed by atoms with van der Waals surface area (Å²) in [4.78, 5) is 67.3. The summed E-state index contributed by atoms with van der Waals surface area (Å²) in [6.07, 6.45) is -1.02. The second-order valence-corrected chi connectivity index (χ2v) is 11.2. The Bertz CT molecular complexity index is 2030. The van der Waals surface area contributed by atoms with Gasteiger partial charge in [-0.1, -0.05) is 24.3 Å². The normalized spacial score (nSPS) is 20.0. The molecule has 1 unspecified atom stereocenters. The van der Waals surface area contributed by atoms with Crippen LogP contribution in [0.25, 0.3) is 11.0 Å². The molecule has 4 aromatic rings. The maximum absolute atomic E-state index is 15.6. The molecule has 0 bridgehead atoms. The van der Waals surface area contributed by atoms with Gasteiger partial charge in [-0.05, 0) is 47.9 Å². The summed E-state index contributed by atoms with van der Waals surface area (Å²) >= 11 is 0. The number of furan rings is 1. The number of hydrogen-bond donors (Lipinski definition) is 2. The molecule has 14 heteroatoms. The smallest absolute Gasteiger partial charge is 0.340 e. The molecule has 1 fully saturated rings. The zero-order valence-corrected chi connectivity index (χ0v) is 24.3. The van der Waals surface area contributed by atoms with Gasteiger partial charge in [0.1, 0.15) is 5.76 Å². The molecule has 0 spiro atoms. The minimum Gasteiger partial charge on any atom is -0.494 e. The summed E-state index contributed by atoms with van der Waals surface area (Å²) in [6.45, 7) is 0.832.